The molecular formula is C12H14N2O. The van der Waals surface area contributed by atoms with Crippen LogP contribution in [0.4, 0.5) is 0 Å². The van der Waals surface area contributed by atoms with Crippen LogP contribution in [0.2, 0.25) is 0 Å². The van der Waals surface area contributed by atoms with Crippen molar-refractivity contribution < 1.29 is 5.11 Å². The Kier molecular flexibility index (Phi) is 2.56. The summed E-state index contributed by atoms with van der Waals surface area (Å²) in [5.74, 6) is 0. The molecule has 0 aliphatic rings. The van der Waals surface area contributed by atoms with Crippen LogP contribution < -0.4 is 0 Å². The summed E-state index contributed by atoms with van der Waals surface area (Å²) in [5, 5.41) is 13.7. The van der Waals surface area contributed by atoms with E-state index in [0.717, 1.165) is 16.8 Å². The molecule has 0 bridgehead atoms. The standard InChI is InChI=1S/C12H14N2O/c1-9(15)10-3-5-11(6-4-10)12-7-8-14(2)13-12/h3-9,15H,1-2H3. The fourth-order valence-corrected chi connectivity index (χ4v) is 1.50. The second kappa shape index (κ2) is 3.87. The zero-order valence-corrected chi connectivity index (χ0v) is 8.88. The molecule has 3 heteroatoms. The molecular weight excluding hydrogens is 188 g/mol. The van der Waals surface area contributed by atoms with Crippen molar-refractivity contribution in [2.75, 3.05) is 0 Å². The van der Waals surface area contributed by atoms with Crippen molar-refractivity contribution in [3.63, 3.8) is 0 Å². The van der Waals surface area contributed by atoms with Crippen LogP contribution in [0.3, 0.4) is 0 Å². The van der Waals surface area contributed by atoms with Gasteiger partial charge >= 0.3 is 0 Å². The summed E-state index contributed by atoms with van der Waals surface area (Å²) in [6, 6.07) is 9.77. The molecule has 0 aliphatic heterocycles. The number of hydrogen-bond acceptors (Lipinski definition) is 2. The number of aromatic nitrogens is 2. The molecule has 0 amide bonds. The Bertz CT molecular complexity index is 443. The van der Waals surface area contributed by atoms with Crippen LogP contribution in [-0.2, 0) is 7.05 Å². The smallest absolute Gasteiger partial charge is 0.0923 e. The molecule has 1 aromatic carbocycles. The summed E-state index contributed by atoms with van der Waals surface area (Å²) in [6.07, 6.45) is 1.50. The average Bonchev–Trinajstić information content (AvgIpc) is 2.65. The van der Waals surface area contributed by atoms with E-state index in [-0.39, 0.29) is 0 Å². The second-order valence-corrected chi connectivity index (χ2v) is 3.67. The van der Waals surface area contributed by atoms with Gasteiger partial charge < -0.3 is 5.11 Å². The van der Waals surface area contributed by atoms with Gasteiger partial charge in [-0.1, -0.05) is 24.3 Å². The minimum atomic E-state index is -0.414. The lowest BCUT2D eigenvalue weighted by atomic mass is 10.1. The minimum absolute atomic E-state index is 0.414. The molecule has 2 rings (SSSR count). The molecule has 78 valence electrons. The van der Waals surface area contributed by atoms with Crippen LogP contribution in [0.15, 0.2) is 36.5 Å². The molecule has 0 spiro atoms. The van der Waals surface area contributed by atoms with E-state index in [1.807, 2.05) is 43.6 Å². The lowest BCUT2D eigenvalue weighted by Gasteiger charge is -2.04. The van der Waals surface area contributed by atoms with E-state index < -0.39 is 6.10 Å². The van der Waals surface area contributed by atoms with Gasteiger partial charge in [-0.15, -0.1) is 0 Å². The molecule has 1 unspecified atom stereocenters. The summed E-state index contributed by atoms with van der Waals surface area (Å²) in [4.78, 5) is 0. The van der Waals surface area contributed by atoms with E-state index in [1.54, 1.807) is 11.6 Å². The normalized spacial score (nSPS) is 12.7. The van der Waals surface area contributed by atoms with Gasteiger partial charge in [0, 0.05) is 18.8 Å². The fourth-order valence-electron chi connectivity index (χ4n) is 1.50. The highest BCUT2D eigenvalue weighted by Crippen LogP contribution is 2.19. The van der Waals surface area contributed by atoms with Crippen LogP contribution in [0.5, 0.6) is 0 Å². The summed E-state index contributed by atoms with van der Waals surface area (Å²) in [7, 11) is 1.90. The maximum Gasteiger partial charge on any atom is 0.0923 e. The Morgan fingerprint density at radius 3 is 2.33 bits per heavy atom. The van der Waals surface area contributed by atoms with Crippen LogP contribution in [0.1, 0.15) is 18.6 Å². The minimum Gasteiger partial charge on any atom is -0.389 e. The van der Waals surface area contributed by atoms with Gasteiger partial charge in [0.25, 0.3) is 0 Å². The van der Waals surface area contributed by atoms with Crippen LogP contribution in [-0.4, -0.2) is 14.9 Å². The highest BCUT2D eigenvalue weighted by molar-refractivity contribution is 5.58. The van der Waals surface area contributed by atoms with Crippen molar-refractivity contribution >= 4 is 0 Å². The Morgan fingerprint density at radius 2 is 1.87 bits per heavy atom. The molecule has 0 fully saturated rings. The van der Waals surface area contributed by atoms with Gasteiger partial charge in [-0.05, 0) is 18.6 Å². The predicted molar refractivity (Wildman–Crippen MR) is 59.3 cm³/mol. The molecule has 3 nitrogen and oxygen atoms in total. The van der Waals surface area contributed by atoms with E-state index in [4.69, 9.17) is 0 Å². The molecule has 1 heterocycles. The Hall–Kier alpha value is -1.61. The topological polar surface area (TPSA) is 38.0 Å². The number of benzene rings is 1. The van der Waals surface area contributed by atoms with Crippen LogP contribution in [0, 0.1) is 0 Å². The predicted octanol–water partition coefficient (Wildman–Crippen LogP) is 2.14. The van der Waals surface area contributed by atoms with Crippen LogP contribution >= 0.6 is 0 Å². The quantitative estimate of drug-likeness (QED) is 0.810. The Labute approximate surface area is 89.0 Å². The number of aryl methyl sites for hydroxylation is 1. The number of nitrogens with zero attached hydrogens (tertiary/aromatic N) is 2. The Balaban J connectivity index is 2.31. The van der Waals surface area contributed by atoms with E-state index in [1.165, 1.54) is 0 Å². The fraction of sp³-hybridized carbons (Fsp3) is 0.250. The van der Waals surface area contributed by atoms with Gasteiger partial charge in [-0.25, -0.2) is 0 Å². The summed E-state index contributed by atoms with van der Waals surface area (Å²) < 4.78 is 1.78. The first-order valence-corrected chi connectivity index (χ1v) is 4.95. The molecule has 1 atom stereocenters. The summed E-state index contributed by atoms with van der Waals surface area (Å²) in [5.41, 5.74) is 2.95. The maximum absolute atomic E-state index is 9.37. The molecule has 0 saturated heterocycles. The van der Waals surface area contributed by atoms with Gasteiger partial charge in [-0.2, -0.15) is 5.10 Å². The molecule has 2 aromatic rings. The number of aliphatic hydroxyl groups is 1. The first-order valence-electron chi connectivity index (χ1n) is 4.95. The zero-order valence-electron chi connectivity index (χ0n) is 8.88. The van der Waals surface area contributed by atoms with E-state index >= 15 is 0 Å². The van der Waals surface area contributed by atoms with Gasteiger partial charge in [-0.3, -0.25) is 4.68 Å². The van der Waals surface area contributed by atoms with E-state index in [0.29, 0.717) is 0 Å². The average molecular weight is 202 g/mol. The summed E-state index contributed by atoms with van der Waals surface area (Å²) in [6.45, 7) is 1.76. The van der Waals surface area contributed by atoms with E-state index in [2.05, 4.69) is 5.10 Å². The van der Waals surface area contributed by atoms with Crippen molar-refractivity contribution in [1.29, 1.82) is 0 Å². The highest BCUT2D eigenvalue weighted by Gasteiger charge is 2.03. The van der Waals surface area contributed by atoms with Crippen molar-refractivity contribution in [2.45, 2.75) is 13.0 Å². The SMILES string of the molecule is CC(O)c1ccc(-c2ccn(C)n2)cc1. The number of rotatable bonds is 2. The monoisotopic (exact) mass is 202 g/mol. The molecule has 1 N–H and O–H groups in total. The number of hydrogen-bond donors (Lipinski definition) is 1. The van der Waals surface area contributed by atoms with Gasteiger partial charge in [0.05, 0.1) is 11.8 Å². The lowest BCUT2D eigenvalue weighted by Crippen LogP contribution is -1.91. The molecule has 15 heavy (non-hydrogen) atoms. The highest BCUT2D eigenvalue weighted by atomic mass is 16.3. The molecule has 0 saturated carbocycles. The lowest BCUT2D eigenvalue weighted by molar-refractivity contribution is 0.199. The maximum atomic E-state index is 9.37. The van der Waals surface area contributed by atoms with Crippen molar-refractivity contribution in [2.24, 2.45) is 7.05 Å². The van der Waals surface area contributed by atoms with Gasteiger partial charge in [0.1, 0.15) is 0 Å². The van der Waals surface area contributed by atoms with E-state index in [9.17, 15) is 5.11 Å². The third-order valence-electron chi connectivity index (χ3n) is 2.40. The molecule has 0 aliphatic carbocycles. The summed E-state index contributed by atoms with van der Waals surface area (Å²) >= 11 is 0. The van der Waals surface area contributed by atoms with Gasteiger partial charge in [0.15, 0.2) is 0 Å². The number of aliphatic hydroxyl groups excluding tert-OH is 1. The van der Waals surface area contributed by atoms with Crippen molar-refractivity contribution in [3.05, 3.63) is 42.1 Å². The second-order valence-electron chi connectivity index (χ2n) is 3.67. The van der Waals surface area contributed by atoms with Crippen LogP contribution in [0.25, 0.3) is 11.3 Å². The van der Waals surface area contributed by atoms with Crippen molar-refractivity contribution in [3.8, 4) is 11.3 Å². The molecule has 1 aromatic heterocycles. The third kappa shape index (κ3) is 2.07. The first-order chi connectivity index (χ1) is 7.16. The Morgan fingerprint density at radius 1 is 1.20 bits per heavy atom. The first kappa shape index (κ1) is 9.93. The largest absolute Gasteiger partial charge is 0.389 e. The van der Waals surface area contributed by atoms with Gasteiger partial charge in [0.2, 0.25) is 0 Å². The zero-order chi connectivity index (χ0) is 10.8. The molecule has 0 radical (unpaired) electrons. The van der Waals surface area contributed by atoms with Crippen molar-refractivity contribution in [1.82, 2.24) is 9.78 Å². The third-order valence-corrected chi connectivity index (χ3v) is 2.40.